The molecule has 4 aromatic rings. The Balaban J connectivity index is 1.07. The third-order valence-corrected chi connectivity index (χ3v) is 15.2. The normalized spacial score (nSPS) is 26.6. The van der Waals surface area contributed by atoms with Gasteiger partial charge in [-0.3, -0.25) is 14.6 Å². The fourth-order valence-electron chi connectivity index (χ4n) is 11.4. The molecule has 4 aliphatic heterocycles. The fourth-order valence-corrected chi connectivity index (χ4v) is 11.4. The molecule has 0 radical (unpaired) electrons. The Labute approximate surface area is 398 Å². The molecule has 9 unspecified atom stereocenters. The Bertz CT molecular complexity index is 2820. The third-order valence-electron chi connectivity index (χ3n) is 15.2. The number of aliphatic hydroxyl groups excluding tert-OH is 4. The van der Waals surface area contributed by atoms with Crippen LogP contribution in [0.1, 0.15) is 61.8 Å². The van der Waals surface area contributed by atoms with E-state index >= 15 is 0 Å². The number of benzene rings is 3. The van der Waals surface area contributed by atoms with Gasteiger partial charge in [-0.25, -0.2) is 9.78 Å². The number of aryl methyl sites for hydroxylation is 1. The molecule has 1 saturated heterocycles. The van der Waals surface area contributed by atoms with Crippen LogP contribution in [-0.4, -0.2) is 122 Å². The highest BCUT2D eigenvalue weighted by Gasteiger charge is 2.56. The van der Waals surface area contributed by atoms with Crippen molar-refractivity contribution in [3.63, 3.8) is 0 Å². The molecule has 3 aromatic carbocycles. The number of hydrogen-bond acceptors (Lipinski definition) is 16. The van der Waals surface area contributed by atoms with Gasteiger partial charge in [0.2, 0.25) is 5.91 Å². The summed E-state index contributed by atoms with van der Waals surface area (Å²) in [5, 5.41) is 84.6. The summed E-state index contributed by atoms with van der Waals surface area (Å²) in [4.78, 5) is 45.9. The SMILES string of the molecule is Cc1cc(=O)c2cc3c(c(N4C=C5N=CC=C5C4)c2o1)OC1(CC(C2CNC(=O)C2)C=CC1CNC1CCCCC1)C(OOCC(O)(Cc1ccc(O)c2ccc(O)cc12)C(O)C(O)C(O)CO)C3. The van der Waals surface area contributed by atoms with E-state index < -0.39 is 55.3 Å². The molecule has 9 N–H and O–H groups in total. The van der Waals surface area contributed by atoms with Gasteiger partial charge in [0.05, 0.1) is 24.2 Å². The molecule has 10 rings (SSSR count). The molecule has 9 atom stereocenters. The van der Waals surface area contributed by atoms with Gasteiger partial charge in [0, 0.05) is 79.3 Å². The molecule has 5 heterocycles. The van der Waals surface area contributed by atoms with Crippen LogP contribution < -0.4 is 25.7 Å². The highest BCUT2D eigenvalue weighted by molar-refractivity contribution is 5.96. The summed E-state index contributed by atoms with van der Waals surface area (Å²) in [6.07, 6.45) is 8.78. The van der Waals surface area contributed by atoms with Crippen LogP contribution >= 0.6 is 0 Å². The monoisotopic (exact) mass is 948 g/mol. The molecule has 69 heavy (non-hydrogen) atoms. The Morgan fingerprint density at radius 1 is 1.01 bits per heavy atom. The summed E-state index contributed by atoms with van der Waals surface area (Å²) in [5.41, 5.74) is -0.264. The van der Waals surface area contributed by atoms with Gasteiger partial charge in [-0.2, -0.15) is 0 Å². The second kappa shape index (κ2) is 18.9. The molecule has 1 spiro atoms. The summed E-state index contributed by atoms with van der Waals surface area (Å²) >= 11 is 0. The van der Waals surface area contributed by atoms with Gasteiger partial charge >= 0.3 is 0 Å². The van der Waals surface area contributed by atoms with Crippen LogP contribution in [0.5, 0.6) is 17.2 Å². The lowest BCUT2D eigenvalue weighted by Crippen LogP contribution is -2.62. The zero-order chi connectivity index (χ0) is 48.2. The molecule has 1 aromatic heterocycles. The molecule has 17 nitrogen and oxygen atoms in total. The predicted molar refractivity (Wildman–Crippen MR) is 255 cm³/mol. The summed E-state index contributed by atoms with van der Waals surface area (Å²) in [5.74, 6) is 0.0728. The lowest BCUT2D eigenvalue weighted by Gasteiger charge is -2.52. The molecule has 1 saturated carbocycles. The van der Waals surface area contributed by atoms with Crippen LogP contribution in [0, 0.1) is 24.7 Å². The van der Waals surface area contributed by atoms with E-state index in [4.69, 9.17) is 18.9 Å². The smallest absolute Gasteiger partial charge is 0.220 e. The van der Waals surface area contributed by atoms with E-state index in [1.54, 1.807) is 19.2 Å². The number of allylic oxidation sites excluding steroid dienone is 2. The molecule has 6 aliphatic rings. The van der Waals surface area contributed by atoms with E-state index in [9.17, 15) is 45.3 Å². The van der Waals surface area contributed by atoms with E-state index in [2.05, 4.69) is 27.8 Å². The van der Waals surface area contributed by atoms with Gasteiger partial charge in [-0.15, -0.1) is 0 Å². The Hall–Kier alpha value is -5.63. The van der Waals surface area contributed by atoms with E-state index in [1.807, 2.05) is 17.2 Å². The second-order valence-corrected chi connectivity index (χ2v) is 19.8. The lowest BCUT2D eigenvalue weighted by molar-refractivity contribution is -0.376. The number of carbonyl (C=O) groups is 1. The van der Waals surface area contributed by atoms with Crippen LogP contribution in [0.2, 0.25) is 0 Å². The van der Waals surface area contributed by atoms with E-state index in [0.717, 1.165) is 37.0 Å². The molecule has 1 amide bonds. The number of rotatable bonds is 15. The number of ether oxygens (including phenoxy) is 1. The van der Waals surface area contributed by atoms with Gasteiger partial charge in [-0.1, -0.05) is 37.5 Å². The van der Waals surface area contributed by atoms with Crippen molar-refractivity contribution >= 4 is 39.6 Å². The van der Waals surface area contributed by atoms with Crippen molar-refractivity contribution in [2.24, 2.45) is 22.7 Å². The molecule has 0 bridgehead atoms. The average molecular weight is 949 g/mol. The number of phenolic OH excluding ortho intramolecular Hbond substituents is 2. The Morgan fingerprint density at radius 2 is 1.84 bits per heavy atom. The van der Waals surface area contributed by atoms with E-state index in [0.29, 0.717) is 82.5 Å². The van der Waals surface area contributed by atoms with Crippen LogP contribution in [0.4, 0.5) is 5.69 Å². The van der Waals surface area contributed by atoms with Crippen LogP contribution in [0.15, 0.2) is 92.4 Å². The van der Waals surface area contributed by atoms with Crippen LogP contribution in [-0.2, 0) is 27.4 Å². The number of nitrogens with zero attached hydrogens (tertiary/aromatic N) is 2. The largest absolute Gasteiger partial charge is 0.508 e. The summed E-state index contributed by atoms with van der Waals surface area (Å²) in [6.45, 7) is 1.42. The number of hydrogen-bond donors (Lipinski definition) is 9. The van der Waals surface area contributed by atoms with Gasteiger partial charge < -0.3 is 60.4 Å². The lowest BCUT2D eigenvalue weighted by atomic mass is 9.66. The standard InChI is InChI=1S/C52H60N4O13/c1-28-15-42(60)39-16-32-17-44(69-66-27-51(65,50(64)47(63)43(61)26-57)20-30-8-12-41(59)37-11-10-36(58)19-38(30)37)52(68-48(32)46(49(39)67-28)56-24-31-13-14-53-40(31)25-56)21-29(33-18-45(62)55-22-33)7-9-34(52)23-54-35-5-3-2-4-6-35/h7-16,19,25,29,33-35,43-44,47,50,54,57-59,61,63-65H,2-6,17-18,20-24,26-27H2,1H3,(H,55,62). The van der Waals surface area contributed by atoms with Crippen molar-refractivity contribution in [3.8, 4) is 17.2 Å². The summed E-state index contributed by atoms with van der Waals surface area (Å²) in [6, 6.07) is 10.7. The minimum absolute atomic E-state index is 0.0405. The first-order chi connectivity index (χ1) is 33.2. The zero-order valence-electron chi connectivity index (χ0n) is 38.4. The molecular formula is C52H60N4O13. The number of amides is 1. The molecule has 2 aliphatic carbocycles. The maximum absolute atomic E-state index is 13.9. The molecular weight excluding hydrogens is 889 g/mol. The van der Waals surface area contributed by atoms with Gasteiger partial charge in [0.1, 0.15) is 65.2 Å². The van der Waals surface area contributed by atoms with Gasteiger partial charge in [0.25, 0.3) is 0 Å². The van der Waals surface area contributed by atoms with Crippen molar-refractivity contribution in [2.45, 2.75) is 106 Å². The highest BCUT2D eigenvalue weighted by Crippen LogP contribution is 2.53. The van der Waals surface area contributed by atoms with Crippen molar-refractivity contribution in [3.05, 3.63) is 105 Å². The van der Waals surface area contributed by atoms with Crippen molar-refractivity contribution in [2.75, 3.05) is 37.7 Å². The van der Waals surface area contributed by atoms with E-state index in [-0.39, 0.29) is 53.1 Å². The van der Waals surface area contributed by atoms with Crippen LogP contribution in [0.25, 0.3) is 21.7 Å². The topological polar surface area (TPSA) is 256 Å². The number of nitrogens with one attached hydrogen (secondary N) is 2. The summed E-state index contributed by atoms with van der Waals surface area (Å²) in [7, 11) is 0. The number of aliphatic imine (C=N–C) groups is 1. The Morgan fingerprint density at radius 3 is 2.61 bits per heavy atom. The second-order valence-electron chi connectivity index (χ2n) is 19.8. The number of carbonyl (C=O) groups excluding carboxylic acids is 1. The number of aliphatic hydroxyl groups is 5. The van der Waals surface area contributed by atoms with Gasteiger partial charge in [0.15, 0.2) is 16.8 Å². The van der Waals surface area contributed by atoms with Gasteiger partial charge in [-0.05, 0) is 85.4 Å². The van der Waals surface area contributed by atoms with Crippen molar-refractivity contribution < 1.29 is 59.5 Å². The number of aromatic hydroxyl groups is 2. The number of phenols is 2. The van der Waals surface area contributed by atoms with Crippen molar-refractivity contribution in [1.29, 1.82) is 0 Å². The van der Waals surface area contributed by atoms with E-state index in [1.165, 1.54) is 42.8 Å². The molecule has 2 fully saturated rings. The van der Waals surface area contributed by atoms with Crippen LogP contribution in [0.3, 0.4) is 0 Å². The third kappa shape index (κ3) is 8.95. The Kier molecular flexibility index (Phi) is 12.9. The first-order valence-corrected chi connectivity index (χ1v) is 24.0. The first-order valence-electron chi connectivity index (χ1n) is 24.0. The summed E-state index contributed by atoms with van der Waals surface area (Å²) < 4.78 is 14.1. The predicted octanol–water partition coefficient (Wildman–Crippen LogP) is 3.63. The van der Waals surface area contributed by atoms with Crippen molar-refractivity contribution in [1.82, 2.24) is 10.6 Å². The average Bonchev–Trinajstić information content (AvgIpc) is 4.09. The maximum Gasteiger partial charge on any atom is 0.220 e. The minimum Gasteiger partial charge on any atom is -0.508 e. The number of fused-ring (bicyclic) bond motifs is 4. The zero-order valence-corrected chi connectivity index (χ0v) is 38.4. The fraction of sp³-hybridized carbons (Fsp3) is 0.481. The molecule has 366 valence electrons. The highest BCUT2D eigenvalue weighted by atomic mass is 17.2. The quantitative estimate of drug-likeness (QED) is 0.0469. The maximum atomic E-state index is 13.9. The first kappa shape index (κ1) is 47.1. The number of anilines is 1. The molecule has 17 heteroatoms. The minimum atomic E-state index is -2.43.